The van der Waals surface area contributed by atoms with E-state index in [1.807, 2.05) is 24.3 Å². The Bertz CT molecular complexity index is 692. The molecule has 0 saturated carbocycles. The Hall–Kier alpha value is -1.07. The van der Waals surface area contributed by atoms with Crippen LogP contribution in [-0.4, -0.2) is 9.55 Å². The highest BCUT2D eigenvalue weighted by Gasteiger charge is 2.08. The smallest absolute Gasteiger partial charge is 0.172 e. The van der Waals surface area contributed by atoms with E-state index < -0.39 is 0 Å². The van der Waals surface area contributed by atoms with Crippen LogP contribution in [0.15, 0.2) is 48.5 Å². The minimum absolute atomic E-state index is 0.725. The maximum absolute atomic E-state index is 5.99. The third-order valence-corrected chi connectivity index (χ3v) is 3.91. The van der Waals surface area contributed by atoms with Crippen LogP contribution in [0.1, 0.15) is 5.56 Å². The van der Waals surface area contributed by atoms with Crippen LogP contribution in [0.2, 0.25) is 5.02 Å². The first-order chi connectivity index (χ1) is 8.74. The van der Waals surface area contributed by atoms with Gasteiger partial charge in [0.05, 0.1) is 17.6 Å². The van der Waals surface area contributed by atoms with Crippen molar-refractivity contribution in [3.63, 3.8) is 0 Å². The Morgan fingerprint density at radius 1 is 1.11 bits per heavy atom. The fourth-order valence-corrected chi connectivity index (χ4v) is 2.85. The van der Waals surface area contributed by atoms with Gasteiger partial charge in [-0.25, -0.2) is 4.98 Å². The maximum Gasteiger partial charge on any atom is 0.172 e. The van der Waals surface area contributed by atoms with Crippen LogP contribution in [0.5, 0.6) is 0 Å². The van der Waals surface area contributed by atoms with Crippen molar-refractivity contribution in [2.45, 2.75) is 6.54 Å². The molecule has 0 aliphatic rings. The van der Waals surface area contributed by atoms with Crippen molar-refractivity contribution in [2.75, 3.05) is 0 Å². The summed E-state index contributed by atoms with van der Waals surface area (Å²) in [5, 5.41) is 0.725. The van der Waals surface area contributed by atoms with Gasteiger partial charge < -0.3 is 4.57 Å². The Morgan fingerprint density at radius 3 is 2.67 bits per heavy atom. The minimum Gasteiger partial charge on any atom is -0.315 e. The lowest BCUT2D eigenvalue weighted by Gasteiger charge is -2.06. The monoisotopic (exact) mass is 368 g/mol. The highest BCUT2D eigenvalue weighted by molar-refractivity contribution is 14.1. The lowest BCUT2D eigenvalue weighted by atomic mass is 10.2. The molecule has 0 N–H and O–H groups in total. The molecule has 0 atom stereocenters. The first-order valence-electron chi connectivity index (χ1n) is 5.59. The zero-order chi connectivity index (χ0) is 12.5. The second-order valence-electron chi connectivity index (χ2n) is 4.09. The average molecular weight is 369 g/mol. The molecule has 0 fully saturated rings. The summed E-state index contributed by atoms with van der Waals surface area (Å²) in [6, 6.07) is 16.2. The number of benzene rings is 2. The predicted octanol–water partition coefficient (Wildman–Crippen LogP) is 4.34. The molecule has 0 saturated heterocycles. The standard InChI is InChI=1S/C14H10ClIN2/c15-11-6-7-13-12(8-11)17-14(16)18(13)9-10-4-2-1-3-5-10/h1-8H,9H2. The van der Waals surface area contributed by atoms with Gasteiger partial charge in [0.1, 0.15) is 0 Å². The number of hydrogen-bond acceptors (Lipinski definition) is 1. The predicted molar refractivity (Wildman–Crippen MR) is 83.0 cm³/mol. The van der Waals surface area contributed by atoms with Crippen molar-refractivity contribution < 1.29 is 0 Å². The SMILES string of the molecule is Clc1ccc2c(c1)nc(I)n2Cc1ccccc1. The first kappa shape index (κ1) is 12.0. The van der Waals surface area contributed by atoms with Gasteiger partial charge in [-0.15, -0.1) is 0 Å². The zero-order valence-corrected chi connectivity index (χ0v) is 12.4. The highest BCUT2D eigenvalue weighted by Crippen LogP contribution is 2.22. The number of imidazole rings is 1. The van der Waals surface area contributed by atoms with Gasteiger partial charge in [-0.05, 0) is 46.4 Å². The van der Waals surface area contributed by atoms with Gasteiger partial charge in [-0.2, -0.15) is 0 Å². The maximum atomic E-state index is 5.99. The van der Waals surface area contributed by atoms with Crippen molar-refractivity contribution >= 4 is 45.2 Å². The third-order valence-electron chi connectivity index (χ3n) is 2.85. The number of halogens is 2. The molecule has 0 unspecified atom stereocenters. The van der Waals surface area contributed by atoms with E-state index in [-0.39, 0.29) is 0 Å². The molecule has 18 heavy (non-hydrogen) atoms. The van der Waals surface area contributed by atoms with Crippen molar-refractivity contribution in [3.8, 4) is 0 Å². The van der Waals surface area contributed by atoms with Crippen LogP contribution in [-0.2, 0) is 6.54 Å². The minimum atomic E-state index is 0.725. The Labute approximate surface area is 124 Å². The van der Waals surface area contributed by atoms with Gasteiger partial charge in [0.2, 0.25) is 0 Å². The number of aromatic nitrogens is 2. The second-order valence-corrected chi connectivity index (χ2v) is 5.49. The highest BCUT2D eigenvalue weighted by atomic mass is 127. The summed E-state index contributed by atoms with van der Waals surface area (Å²) in [5.41, 5.74) is 3.33. The third kappa shape index (κ3) is 2.24. The van der Waals surface area contributed by atoms with Gasteiger partial charge >= 0.3 is 0 Å². The van der Waals surface area contributed by atoms with Crippen molar-refractivity contribution in [2.24, 2.45) is 0 Å². The number of nitrogens with zero attached hydrogens (tertiary/aromatic N) is 2. The molecule has 4 heteroatoms. The Kier molecular flexibility index (Phi) is 3.26. The number of rotatable bonds is 2. The Balaban J connectivity index is 2.09. The van der Waals surface area contributed by atoms with Gasteiger partial charge in [-0.1, -0.05) is 41.9 Å². The summed E-state index contributed by atoms with van der Waals surface area (Å²) in [4.78, 5) is 4.54. The number of fused-ring (bicyclic) bond motifs is 1. The lowest BCUT2D eigenvalue weighted by molar-refractivity contribution is 0.798. The van der Waals surface area contributed by atoms with Crippen molar-refractivity contribution in [1.82, 2.24) is 9.55 Å². The quantitative estimate of drug-likeness (QED) is 0.615. The van der Waals surface area contributed by atoms with Gasteiger partial charge in [0.15, 0.2) is 3.83 Å². The zero-order valence-electron chi connectivity index (χ0n) is 9.48. The number of hydrogen-bond donors (Lipinski definition) is 0. The molecule has 2 nitrogen and oxygen atoms in total. The van der Waals surface area contributed by atoms with Gasteiger partial charge in [0, 0.05) is 5.02 Å². The van der Waals surface area contributed by atoms with Crippen LogP contribution < -0.4 is 0 Å². The molecule has 90 valence electrons. The molecule has 1 aromatic heterocycles. The molecule has 0 bridgehead atoms. The van der Waals surface area contributed by atoms with Crippen LogP contribution in [0.4, 0.5) is 0 Å². The fraction of sp³-hybridized carbons (Fsp3) is 0.0714. The van der Waals surface area contributed by atoms with Crippen LogP contribution in [0, 0.1) is 3.83 Å². The van der Waals surface area contributed by atoms with Crippen LogP contribution in [0.25, 0.3) is 11.0 Å². The van der Waals surface area contributed by atoms with Gasteiger partial charge in [-0.3, -0.25) is 0 Å². The first-order valence-corrected chi connectivity index (χ1v) is 7.05. The summed E-state index contributed by atoms with van der Waals surface area (Å²) >= 11 is 8.25. The van der Waals surface area contributed by atoms with E-state index in [9.17, 15) is 0 Å². The molecule has 0 spiro atoms. The van der Waals surface area contributed by atoms with E-state index >= 15 is 0 Å². The summed E-state index contributed by atoms with van der Waals surface area (Å²) in [7, 11) is 0. The van der Waals surface area contributed by atoms with E-state index in [0.29, 0.717) is 0 Å². The van der Waals surface area contributed by atoms with E-state index in [1.165, 1.54) is 5.56 Å². The van der Waals surface area contributed by atoms with E-state index in [0.717, 1.165) is 26.4 Å². The molecule has 0 aliphatic carbocycles. The van der Waals surface area contributed by atoms with Gasteiger partial charge in [0.25, 0.3) is 0 Å². The molecular formula is C14H10ClIN2. The van der Waals surface area contributed by atoms with Crippen molar-refractivity contribution in [3.05, 3.63) is 62.9 Å². The summed E-state index contributed by atoms with van der Waals surface area (Å²) in [5.74, 6) is 0. The summed E-state index contributed by atoms with van der Waals surface area (Å²) in [6.07, 6.45) is 0. The molecule has 3 aromatic rings. The molecule has 0 aliphatic heterocycles. The molecule has 2 aromatic carbocycles. The lowest BCUT2D eigenvalue weighted by Crippen LogP contribution is -2.01. The average Bonchev–Trinajstić information content (AvgIpc) is 2.66. The van der Waals surface area contributed by atoms with E-state index in [4.69, 9.17) is 11.6 Å². The Morgan fingerprint density at radius 2 is 1.89 bits per heavy atom. The van der Waals surface area contributed by atoms with E-state index in [2.05, 4.69) is 56.4 Å². The molecule has 0 amide bonds. The summed E-state index contributed by atoms with van der Waals surface area (Å²) < 4.78 is 3.18. The fourth-order valence-electron chi connectivity index (χ4n) is 1.99. The summed E-state index contributed by atoms with van der Waals surface area (Å²) in [6.45, 7) is 0.831. The van der Waals surface area contributed by atoms with Crippen LogP contribution in [0.3, 0.4) is 0 Å². The molecule has 1 heterocycles. The second kappa shape index (κ2) is 4.90. The molecule has 0 radical (unpaired) electrons. The largest absolute Gasteiger partial charge is 0.315 e. The molecule has 3 rings (SSSR count). The normalized spacial score (nSPS) is 11.0. The van der Waals surface area contributed by atoms with Crippen LogP contribution >= 0.6 is 34.2 Å². The van der Waals surface area contributed by atoms with E-state index in [1.54, 1.807) is 0 Å². The topological polar surface area (TPSA) is 17.8 Å². The molecular weight excluding hydrogens is 359 g/mol. The van der Waals surface area contributed by atoms with Crippen molar-refractivity contribution in [1.29, 1.82) is 0 Å².